The van der Waals surface area contributed by atoms with Gasteiger partial charge in [-0.1, -0.05) is 18.2 Å². The topological polar surface area (TPSA) is 38.9 Å². The molecule has 21 heavy (non-hydrogen) atoms. The van der Waals surface area contributed by atoms with Gasteiger partial charge in [0.1, 0.15) is 11.6 Å². The Labute approximate surface area is 121 Å². The summed E-state index contributed by atoms with van der Waals surface area (Å²) >= 11 is 0. The van der Waals surface area contributed by atoms with Crippen LogP contribution >= 0.6 is 0 Å². The van der Waals surface area contributed by atoms with Crippen LogP contribution in [0.3, 0.4) is 0 Å². The molecular weight excluding hydrogens is 270 g/mol. The fourth-order valence-electron chi connectivity index (χ4n) is 2.53. The first-order chi connectivity index (χ1) is 10.0. The summed E-state index contributed by atoms with van der Waals surface area (Å²) in [5.41, 5.74) is 9.08. The lowest BCUT2D eigenvalue weighted by Crippen LogP contribution is -2.13. The summed E-state index contributed by atoms with van der Waals surface area (Å²) in [7, 11) is 0. The van der Waals surface area contributed by atoms with E-state index in [-0.39, 0.29) is 0 Å². The first-order valence-corrected chi connectivity index (χ1v) is 6.62. The van der Waals surface area contributed by atoms with Crippen LogP contribution in [0.5, 0.6) is 0 Å². The van der Waals surface area contributed by atoms with E-state index in [2.05, 4.69) is 4.98 Å². The zero-order valence-electron chi connectivity index (χ0n) is 11.5. The van der Waals surface area contributed by atoms with Gasteiger partial charge in [-0.3, -0.25) is 4.98 Å². The lowest BCUT2D eigenvalue weighted by molar-refractivity contribution is 0.577. The third-order valence-electron chi connectivity index (χ3n) is 3.46. The van der Waals surface area contributed by atoms with Crippen LogP contribution in [0, 0.1) is 18.6 Å². The van der Waals surface area contributed by atoms with Crippen molar-refractivity contribution in [3.8, 4) is 0 Å². The molecule has 0 aliphatic heterocycles. The van der Waals surface area contributed by atoms with Crippen molar-refractivity contribution in [3.63, 3.8) is 0 Å². The molecule has 0 fully saturated rings. The zero-order chi connectivity index (χ0) is 15.0. The van der Waals surface area contributed by atoms with E-state index in [0.717, 1.165) is 28.2 Å². The van der Waals surface area contributed by atoms with Gasteiger partial charge in [-0.2, -0.15) is 0 Å². The number of hydrogen-bond acceptors (Lipinski definition) is 2. The van der Waals surface area contributed by atoms with Crippen molar-refractivity contribution >= 4 is 10.9 Å². The fourth-order valence-corrected chi connectivity index (χ4v) is 2.53. The maximum Gasteiger partial charge on any atom is 0.126 e. The molecule has 0 aliphatic carbocycles. The summed E-state index contributed by atoms with van der Waals surface area (Å²) in [5, 5.41) is 0.889. The van der Waals surface area contributed by atoms with Crippen molar-refractivity contribution < 1.29 is 8.78 Å². The van der Waals surface area contributed by atoms with E-state index in [1.54, 1.807) is 0 Å². The van der Waals surface area contributed by atoms with Gasteiger partial charge < -0.3 is 5.73 Å². The number of nitrogens with zero attached hydrogens (tertiary/aromatic N) is 1. The summed E-state index contributed by atoms with van der Waals surface area (Å²) in [6, 6.07) is 12.2. The number of fused-ring (bicyclic) bond motifs is 1. The molecule has 2 N–H and O–H groups in total. The smallest absolute Gasteiger partial charge is 0.126 e. The van der Waals surface area contributed by atoms with Gasteiger partial charge in [0.25, 0.3) is 0 Å². The number of aryl methyl sites for hydroxylation is 1. The van der Waals surface area contributed by atoms with Crippen LogP contribution in [0.25, 0.3) is 10.9 Å². The third-order valence-corrected chi connectivity index (χ3v) is 3.46. The van der Waals surface area contributed by atoms with Gasteiger partial charge in [0.05, 0.1) is 11.6 Å². The molecule has 106 valence electrons. The SMILES string of the molecule is Cc1cc(C(N)c2cc(F)cc(F)c2)c2ccccc2n1. The Hall–Kier alpha value is -2.33. The number of rotatable bonds is 2. The van der Waals surface area contributed by atoms with Crippen LogP contribution in [0.15, 0.2) is 48.5 Å². The van der Waals surface area contributed by atoms with E-state index in [4.69, 9.17) is 5.73 Å². The average molecular weight is 284 g/mol. The van der Waals surface area contributed by atoms with Gasteiger partial charge in [0, 0.05) is 17.1 Å². The lowest BCUT2D eigenvalue weighted by atomic mass is 9.95. The van der Waals surface area contributed by atoms with Crippen LogP contribution in [-0.4, -0.2) is 4.98 Å². The Bertz CT molecular complexity index is 795. The van der Waals surface area contributed by atoms with E-state index in [9.17, 15) is 8.78 Å². The summed E-state index contributed by atoms with van der Waals surface area (Å²) in [6.45, 7) is 1.87. The van der Waals surface area contributed by atoms with Crippen molar-refractivity contribution in [1.82, 2.24) is 4.98 Å². The molecule has 0 saturated carbocycles. The summed E-state index contributed by atoms with van der Waals surface area (Å²) in [6.07, 6.45) is 0. The van der Waals surface area contributed by atoms with Crippen molar-refractivity contribution in [3.05, 3.63) is 77.0 Å². The van der Waals surface area contributed by atoms with Gasteiger partial charge in [0.15, 0.2) is 0 Å². The molecule has 1 aromatic heterocycles. The monoisotopic (exact) mass is 284 g/mol. The summed E-state index contributed by atoms with van der Waals surface area (Å²) in [4.78, 5) is 4.44. The molecule has 1 unspecified atom stereocenters. The Morgan fingerprint density at radius 3 is 2.38 bits per heavy atom. The lowest BCUT2D eigenvalue weighted by Gasteiger charge is -2.16. The molecule has 0 radical (unpaired) electrons. The van der Waals surface area contributed by atoms with Crippen molar-refractivity contribution in [2.75, 3.05) is 0 Å². The molecular formula is C17H14F2N2. The van der Waals surface area contributed by atoms with Crippen molar-refractivity contribution in [1.29, 1.82) is 0 Å². The standard InChI is InChI=1S/C17H14F2N2/c1-10-6-15(14-4-2-3-5-16(14)21-10)17(20)11-7-12(18)9-13(19)8-11/h2-9,17H,20H2,1H3. The molecule has 2 aromatic carbocycles. The van der Waals surface area contributed by atoms with E-state index in [1.165, 1.54) is 12.1 Å². The molecule has 1 atom stereocenters. The first kappa shape index (κ1) is 13.6. The van der Waals surface area contributed by atoms with Gasteiger partial charge in [0.2, 0.25) is 0 Å². The van der Waals surface area contributed by atoms with E-state index < -0.39 is 17.7 Å². The summed E-state index contributed by atoms with van der Waals surface area (Å²) in [5.74, 6) is -1.26. The predicted molar refractivity (Wildman–Crippen MR) is 78.9 cm³/mol. The first-order valence-electron chi connectivity index (χ1n) is 6.62. The van der Waals surface area contributed by atoms with Gasteiger partial charge in [-0.15, -0.1) is 0 Å². The van der Waals surface area contributed by atoms with Crippen LogP contribution < -0.4 is 5.73 Å². The maximum absolute atomic E-state index is 13.4. The highest BCUT2D eigenvalue weighted by atomic mass is 19.1. The van der Waals surface area contributed by atoms with Crippen molar-refractivity contribution in [2.24, 2.45) is 5.73 Å². The van der Waals surface area contributed by atoms with E-state index in [0.29, 0.717) is 5.56 Å². The third kappa shape index (κ3) is 2.62. The molecule has 2 nitrogen and oxygen atoms in total. The minimum absolute atomic E-state index is 0.406. The highest BCUT2D eigenvalue weighted by molar-refractivity contribution is 5.83. The summed E-state index contributed by atoms with van der Waals surface area (Å²) < 4.78 is 26.8. The number of nitrogens with two attached hydrogens (primary N) is 1. The van der Waals surface area contributed by atoms with Crippen LogP contribution in [0.4, 0.5) is 8.78 Å². The number of benzene rings is 2. The largest absolute Gasteiger partial charge is 0.320 e. The van der Waals surface area contributed by atoms with Crippen molar-refractivity contribution in [2.45, 2.75) is 13.0 Å². The number of aromatic nitrogens is 1. The fraction of sp³-hybridized carbons (Fsp3) is 0.118. The van der Waals surface area contributed by atoms with E-state index >= 15 is 0 Å². The highest BCUT2D eigenvalue weighted by Crippen LogP contribution is 2.28. The Morgan fingerprint density at radius 1 is 1.00 bits per heavy atom. The molecule has 0 amide bonds. The van der Waals surface area contributed by atoms with Crippen LogP contribution in [0.2, 0.25) is 0 Å². The predicted octanol–water partition coefficient (Wildman–Crippen LogP) is 3.87. The number of hydrogen-bond donors (Lipinski definition) is 1. The molecule has 0 saturated heterocycles. The number of pyridine rings is 1. The second kappa shape index (κ2) is 5.22. The highest BCUT2D eigenvalue weighted by Gasteiger charge is 2.15. The molecule has 0 bridgehead atoms. The van der Waals surface area contributed by atoms with Crippen LogP contribution in [0.1, 0.15) is 22.9 Å². The maximum atomic E-state index is 13.4. The van der Waals surface area contributed by atoms with Gasteiger partial charge in [-0.25, -0.2) is 8.78 Å². The van der Waals surface area contributed by atoms with Gasteiger partial charge in [-0.05, 0) is 42.3 Å². The second-order valence-corrected chi connectivity index (χ2v) is 5.05. The Balaban J connectivity index is 2.19. The Kier molecular flexibility index (Phi) is 3.39. The normalized spacial score (nSPS) is 12.6. The average Bonchev–Trinajstić information content (AvgIpc) is 2.44. The molecule has 3 rings (SSSR count). The zero-order valence-corrected chi connectivity index (χ0v) is 11.5. The molecule has 0 spiro atoms. The minimum atomic E-state index is -0.629. The number of para-hydroxylation sites is 1. The number of halogens is 2. The molecule has 4 heteroatoms. The minimum Gasteiger partial charge on any atom is -0.320 e. The van der Waals surface area contributed by atoms with Crippen LogP contribution in [-0.2, 0) is 0 Å². The second-order valence-electron chi connectivity index (χ2n) is 5.05. The quantitative estimate of drug-likeness (QED) is 0.776. The van der Waals surface area contributed by atoms with Gasteiger partial charge >= 0.3 is 0 Å². The molecule has 0 aliphatic rings. The molecule has 3 aromatic rings. The Morgan fingerprint density at radius 2 is 1.67 bits per heavy atom. The molecule has 1 heterocycles. The van der Waals surface area contributed by atoms with E-state index in [1.807, 2.05) is 37.3 Å².